The number of nitrogens with zero attached hydrogens (tertiary/aromatic N) is 3. The van der Waals surface area contributed by atoms with Crippen molar-refractivity contribution in [2.24, 2.45) is 0 Å². The summed E-state index contributed by atoms with van der Waals surface area (Å²) < 4.78 is 7.31. The maximum atomic E-state index is 13.0. The number of ether oxygens (including phenoxy) is 1. The summed E-state index contributed by atoms with van der Waals surface area (Å²) in [6.07, 6.45) is 1.64. The van der Waals surface area contributed by atoms with Crippen molar-refractivity contribution in [1.82, 2.24) is 14.7 Å². The molecule has 168 valence electrons. The van der Waals surface area contributed by atoms with Gasteiger partial charge in [-0.2, -0.15) is 5.10 Å². The summed E-state index contributed by atoms with van der Waals surface area (Å²) >= 11 is 0. The Bertz CT molecular complexity index is 1230. The molecule has 0 radical (unpaired) electrons. The molecule has 1 atom stereocenters. The van der Waals surface area contributed by atoms with E-state index in [1.54, 1.807) is 22.9 Å². The smallest absolute Gasteiger partial charge is 0.261 e. The van der Waals surface area contributed by atoms with E-state index in [0.29, 0.717) is 30.1 Å². The van der Waals surface area contributed by atoms with E-state index in [9.17, 15) is 14.4 Å². The van der Waals surface area contributed by atoms with Crippen molar-refractivity contribution in [1.29, 1.82) is 0 Å². The van der Waals surface area contributed by atoms with Crippen molar-refractivity contribution >= 4 is 23.5 Å². The maximum Gasteiger partial charge on any atom is 0.261 e. The van der Waals surface area contributed by atoms with E-state index in [4.69, 9.17) is 4.74 Å². The highest BCUT2D eigenvalue weighted by Crippen LogP contribution is 2.26. The Balaban J connectivity index is 1.34. The average Bonchev–Trinajstić information content (AvgIpc) is 3.51. The third-order valence-electron chi connectivity index (χ3n) is 5.96. The van der Waals surface area contributed by atoms with E-state index in [0.717, 1.165) is 24.1 Å². The zero-order valence-corrected chi connectivity index (χ0v) is 18.3. The third kappa shape index (κ3) is 4.17. The first-order chi connectivity index (χ1) is 16.0. The Morgan fingerprint density at radius 2 is 1.88 bits per heavy atom. The fraction of sp³-hybridized carbons (Fsp3) is 0.280. The van der Waals surface area contributed by atoms with Crippen molar-refractivity contribution in [3.8, 4) is 0 Å². The number of carbonyl (C=O) groups is 3. The highest BCUT2D eigenvalue weighted by atomic mass is 16.5. The minimum absolute atomic E-state index is 0.122. The lowest BCUT2D eigenvalue weighted by Crippen LogP contribution is -2.36. The lowest BCUT2D eigenvalue weighted by atomic mass is 10.1. The predicted octanol–water partition coefficient (Wildman–Crippen LogP) is 3.27. The molecule has 1 N–H and O–H groups in total. The third-order valence-corrected chi connectivity index (χ3v) is 5.96. The van der Waals surface area contributed by atoms with Crippen LogP contribution in [0.15, 0.2) is 54.6 Å². The first-order valence-electron chi connectivity index (χ1n) is 11.0. The van der Waals surface area contributed by atoms with Crippen molar-refractivity contribution in [2.75, 3.05) is 18.5 Å². The summed E-state index contributed by atoms with van der Waals surface area (Å²) in [6, 6.07) is 16.2. The summed E-state index contributed by atoms with van der Waals surface area (Å²) in [5.74, 6) is -0.534. The number of rotatable bonds is 6. The molecule has 8 heteroatoms. The molecule has 0 bridgehead atoms. The fourth-order valence-electron chi connectivity index (χ4n) is 4.30. The topological polar surface area (TPSA) is 93.5 Å². The highest BCUT2D eigenvalue weighted by molar-refractivity contribution is 6.22. The van der Waals surface area contributed by atoms with Crippen LogP contribution in [0, 0.1) is 6.92 Å². The van der Waals surface area contributed by atoms with Gasteiger partial charge in [0.2, 0.25) is 0 Å². The van der Waals surface area contributed by atoms with Gasteiger partial charge in [0.15, 0.2) is 0 Å². The Morgan fingerprint density at radius 1 is 1.09 bits per heavy atom. The van der Waals surface area contributed by atoms with E-state index in [1.807, 2.05) is 37.3 Å². The predicted molar refractivity (Wildman–Crippen MR) is 121 cm³/mol. The number of aryl methyl sites for hydroxylation is 1. The largest absolute Gasteiger partial charge is 0.376 e. The lowest BCUT2D eigenvalue weighted by Gasteiger charge is -2.17. The van der Waals surface area contributed by atoms with Gasteiger partial charge in [0.25, 0.3) is 17.7 Å². The van der Waals surface area contributed by atoms with E-state index in [-0.39, 0.29) is 35.9 Å². The van der Waals surface area contributed by atoms with Gasteiger partial charge < -0.3 is 10.1 Å². The molecule has 1 unspecified atom stereocenters. The monoisotopic (exact) mass is 444 g/mol. The van der Waals surface area contributed by atoms with Gasteiger partial charge in [0.05, 0.1) is 36.0 Å². The van der Waals surface area contributed by atoms with Crippen molar-refractivity contribution < 1.29 is 19.1 Å². The minimum Gasteiger partial charge on any atom is -0.376 e. The van der Waals surface area contributed by atoms with E-state index in [2.05, 4.69) is 10.4 Å². The molecular formula is C25H24N4O4. The van der Waals surface area contributed by atoms with Crippen LogP contribution in [0.25, 0.3) is 0 Å². The Kier molecular flexibility index (Phi) is 5.51. The Hall–Kier alpha value is -3.78. The molecule has 8 nitrogen and oxygen atoms in total. The lowest BCUT2D eigenvalue weighted by molar-refractivity contribution is 0.0475. The summed E-state index contributed by atoms with van der Waals surface area (Å²) in [6.45, 7) is 3.27. The zero-order chi connectivity index (χ0) is 22.9. The van der Waals surface area contributed by atoms with Crippen LogP contribution in [0.1, 0.15) is 55.2 Å². The van der Waals surface area contributed by atoms with Crippen molar-refractivity contribution in [2.45, 2.75) is 32.4 Å². The Morgan fingerprint density at radius 3 is 2.64 bits per heavy atom. The van der Waals surface area contributed by atoms with Gasteiger partial charge in [0.1, 0.15) is 5.82 Å². The normalized spacial score (nSPS) is 17.5. The molecular weight excluding hydrogens is 420 g/mol. The number of fused-ring (bicyclic) bond motifs is 1. The maximum absolute atomic E-state index is 13.0. The molecule has 0 aliphatic carbocycles. The van der Waals surface area contributed by atoms with Gasteiger partial charge in [0, 0.05) is 18.2 Å². The fourth-order valence-corrected chi connectivity index (χ4v) is 4.30. The first-order valence-corrected chi connectivity index (χ1v) is 11.0. The molecule has 1 saturated heterocycles. The van der Waals surface area contributed by atoms with Gasteiger partial charge >= 0.3 is 0 Å². The Labute approximate surface area is 191 Å². The molecule has 2 aromatic carbocycles. The number of nitrogens with one attached hydrogen (secondary N) is 1. The van der Waals surface area contributed by atoms with Crippen LogP contribution < -0.4 is 5.32 Å². The van der Waals surface area contributed by atoms with E-state index in [1.165, 1.54) is 11.0 Å². The molecule has 1 aromatic heterocycles. The van der Waals surface area contributed by atoms with Gasteiger partial charge in [-0.3, -0.25) is 19.3 Å². The molecule has 0 spiro atoms. The zero-order valence-electron chi connectivity index (χ0n) is 18.3. The minimum atomic E-state index is -0.384. The summed E-state index contributed by atoms with van der Waals surface area (Å²) in [5.41, 5.74) is 2.71. The molecule has 3 amide bonds. The highest BCUT2D eigenvalue weighted by Gasteiger charge is 2.38. The average molecular weight is 444 g/mol. The van der Waals surface area contributed by atoms with Gasteiger partial charge in [-0.25, -0.2) is 4.68 Å². The molecule has 0 saturated carbocycles. The van der Waals surface area contributed by atoms with Crippen LogP contribution in [0.4, 0.5) is 5.82 Å². The number of carbonyl (C=O) groups excluding carboxylic acids is 3. The molecule has 5 rings (SSSR count). The molecule has 33 heavy (non-hydrogen) atoms. The molecule has 1 fully saturated rings. The molecule has 2 aliphatic rings. The van der Waals surface area contributed by atoms with Crippen molar-refractivity contribution in [3.63, 3.8) is 0 Å². The summed E-state index contributed by atoms with van der Waals surface area (Å²) in [7, 11) is 0. The second-order valence-corrected chi connectivity index (χ2v) is 8.38. The summed E-state index contributed by atoms with van der Waals surface area (Å²) in [4.78, 5) is 39.8. The van der Waals surface area contributed by atoms with Crippen LogP contribution in [0.5, 0.6) is 0 Å². The van der Waals surface area contributed by atoms with Crippen LogP contribution in [0.3, 0.4) is 0 Å². The molecule has 3 aromatic rings. The van der Waals surface area contributed by atoms with Crippen LogP contribution >= 0.6 is 0 Å². The van der Waals surface area contributed by atoms with Gasteiger partial charge in [-0.15, -0.1) is 0 Å². The van der Waals surface area contributed by atoms with Crippen LogP contribution in [-0.4, -0.2) is 51.7 Å². The second-order valence-electron chi connectivity index (χ2n) is 8.38. The quantitative estimate of drug-likeness (QED) is 0.589. The van der Waals surface area contributed by atoms with Gasteiger partial charge in [-0.05, 0) is 43.5 Å². The number of imide groups is 1. The number of amides is 3. The number of anilines is 1. The standard InChI is InChI=1S/C25H24N4O4/c1-16-12-22(29(27-16)14-17-6-3-2-4-7-17)26-23(30)18-9-10-20-21(13-18)25(32)28(24(20)31)15-19-8-5-11-33-19/h2-4,6-7,9-10,12-13,19H,5,8,11,14-15H2,1H3,(H,26,30). The first kappa shape index (κ1) is 21.1. The molecule has 3 heterocycles. The van der Waals surface area contributed by atoms with Crippen molar-refractivity contribution in [3.05, 3.63) is 82.5 Å². The van der Waals surface area contributed by atoms with Crippen LogP contribution in [0.2, 0.25) is 0 Å². The van der Waals surface area contributed by atoms with E-state index < -0.39 is 0 Å². The van der Waals surface area contributed by atoms with E-state index >= 15 is 0 Å². The number of hydrogen-bond donors (Lipinski definition) is 1. The molecule has 2 aliphatic heterocycles. The number of benzene rings is 2. The van der Waals surface area contributed by atoms with Crippen LogP contribution in [-0.2, 0) is 11.3 Å². The number of hydrogen-bond acceptors (Lipinski definition) is 5. The number of aromatic nitrogens is 2. The second kappa shape index (κ2) is 8.63. The summed E-state index contributed by atoms with van der Waals surface area (Å²) in [5, 5.41) is 7.36. The van der Waals surface area contributed by atoms with Gasteiger partial charge in [-0.1, -0.05) is 30.3 Å². The SMILES string of the molecule is Cc1cc(NC(=O)c2ccc3c(c2)C(=O)N(CC2CCCO2)C3=O)n(Cc2ccccc2)n1.